The lowest BCUT2D eigenvalue weighted by Crippen LogP contribution is -2.21. The van der Waals surface area contributed by atoms with Crippen LogP contribution >= 0.6 is 0 Å². The number of carbonyl (C=O) groups excluding carboxylic acids is 2. The first-order valence-corrected chi connectivity index (χ1v) is 13.0. The fourth-order valence-electron chi connectivity index (χ4n) is 3.81. The maximum Gasteiger partial charge on any atom is 0.308 e. The van der Waals surface area contributed by atoms with Gasteiger partial charge in [0.1, 0.15) is 11.5 Å². The number of carbonyl (C=O) groups is 2. The minimum Gasteiger partial charge on any atom is -0.455 e. The van der Waals surface area contributed by atoms with Crippen molar-refractivity contribution in [2.45, 2.75) is 92.6 Å². The summed E-state index contributed by atoms with van der Waals surface area (Å²) in [4.78, 5) is 24.2. The lowest BCUT2D eigenvalue weighted by atomic mass is 10.0. The van der Waals surface area contributed by atoms with Crippen LogP contribution in [-0.4, -0.2) is 24.5 Å². The Balaban J connectivity index is 1.60. The highest BCUT2D eigenvalue weighted by Crippen LogP contribution is 2.18. The molecule has 0 aliphatic heterocycles. The Labute approximate surface area is 216 Å². The molecule has 2 aromatic carbocycles. The van der Waals surface area contributed by atoms with Crippen molar-refractivity contribution in [2.24, 2.45) is 11.8 Å². The van der Waals surface area contributed by atoms with E-state index < -0.39 is 12.6 Å². The lowest BCUT2D eigenvalue weighted by Gasteiger charge is -2.16. The van der Waals surface area contributed by atoms with Crippen LogP contribution in [-0.2, 0) is 31.9 Å². The standard InChI is InChI=1S/C30H42O6/c1-21(2)19-25-11-15-27(16-12-25)33-23(5)35-29(31)9-7-8-10-30(32)36-24(6)34-28-17-13-26(14-18-28)20-22(3)4/h11-18,21-24H,7-10,19-20H2,1-6H3. The maximum absolute atomic E-state index is 12.1. The molecule has 0 spiro atoms. The van der Waals surface area contributed by atoms with E-state index in [9.17, 15) is 9.59 Å². The van der Waals surface area contributed by atoms with Gasteiger partial charge in [0, 0.05) is 26.7 Å². The van der Waals surface area contributed by atoms with Gasteiger partial charge in [0.2, 0.25) is 12.6 Å². The highest BCUT2D eigenvalue weighted by Gasteiger charge is 2.14. The number of hydrogen-bond acceptors (Lipinski definition) is 6. The van der Waals surface area contributed by atoms with Crippen LogP contribution in [0, 0.1) is 11.8 Å². The summed E-state index contributed by atoms with van der Waals surface area (Å²) in [7, 11) is 0. The molecule has 2 rings (SSSR count). The first kappa shape index (κ1) is 29.2. The van der Waals surface area contributed by atoms with Gasteiger partial charge in [-0.15, -0.1) is 0 Å². The molecule has 36 heavy (non-hydrogen) atoms. The van der Waals surface area contributed by atoms with Gasteiger partial charge in [-0.3, -0.25) is 9.59 Å². The van der Waals surface area contributed by atoms with Crippen LogP contribution in [0.4, 0.5) is 0 Å². The summed E-state index contributed by atoms with van der Waals surface area (Å²) in [5.41, 5.74) is 2.49. The van der Waals surface area contributed by atoms with Crippen LogP contribution in [0.1, 0.15) is 78.4 Å². The molecule has 0 aliphatic rings. The molecule has 2 unspecified atom stereocenters. The second kappa shape index (κ2) is 15.2. The van der Waals surface area contributed by atoms with E-state index in [1.165, 1.54) is 11.1 Å². The maximum atomic E-state index is 12.1. The van der Waals surface area contributed by atoms with E-state index >= 15 is 0 Å². The molecule has 6 nitrogen and oxygen atoms in total. The Morgan fingerprint density at radius 1 is 0.583 bits per heavy atom. The molecule has 2 aromatic rings. The number of rotatable bonds is 15. The van der Waals surface area contributed by atoms with Gasteiger partial charge < -0.3 is 18.9 Å². The first-order chi connectivity index (χ1) is 17.1. The fourth-order valence-corrected chi connectivity index (χ4v) is 3.81. The van der Waals surface area contributed by atoms with Gasteiger partial charge in [-0.25, -0.2) is 0 Å². The second-order valence-electron chi connectivity index (χ2n) is 10.0. The van der Waals surface area contributed by atoms with Crippen molar-refractivity contribution in [2.75, 3.05) is 0 Å². The number of ether oxygens (including phenoxy) is 4. The minimum absolute atomic E-state index is 0.211. The molecule has 0 saturated heterocycles. The van der Waals surface area contributed by atoms with E-state index in [4.69, 9.17) is 18.9 Å². The molecule has 2 atom stereocenters. The van der Waals surface area contributed by atoms with Gasteiger partial charge in [-0.2, -0.15) is 0 Å². The number of unbranched alkanes of at least 4 members (excludes halogenated alkanes) is 1. The molecule has 6 heteroatoms. The van der Waals surface area contributed by atoms with E-state index in [1.807, 2.05) is 48.5 Å². The van der Waals surface area contributed by atoms with Gasteiger partial charge in [0.25, 0.3) is 0 Å². The molecule has 0 aromatic heterocycles. The van der Waals surface area contributed by atoms with Crippen molar-refractivity contribution >= 4 is 11.9 Å². The molecule has 0 radical (unpaired) electrons. The van der Waals surface area contributed by atoms with Crippen molar-refractivity contribution in [1.82, 2.24) is 0 Å². The highest BCUT2D eigenvalue weighted by molar-refractivity contribution is 5.70. The van der Waals surface area contributed by atoms with Gasteiger partial charge in [0.05, 0.1) is 0 Å². The summed E-state index contributed by atoms with van der Waals surface area (Å²) in [6, 6.07) is 15.7. The summed E-state index contributed by atoms with van der Waals surface area (Å²) in [6.45, 7) is 12.1. The van der Waals surface area contributed by atoms with E-state index in [-0.39, 0.29) is 24.8 Å². The number of hydrogen-bond donors (Lipinski definition) is 0. The molecular weight excluding hydrogens is 456 g/mol. The zero-order valence-electron chi connectivity index (χ0n) is 22.6. The van der Waals surface area contributed by atoms with Crippen molar-refractivity contribution in [3.63, 3.8) is 0 Å². The number of esters is 2. The summed E-state index contributed by atoms with van der Waals surface area (Å²) in [5, 5.41) is 0. The SMILES string of the molecule is CC(C)Cc1ccc(OC(C)OC(=O)CCCCC(=O)OC(C)Oc2ccc(CC(C)C)cc2)cc1. The predicted octanol–water partition coefficient (Wildman–Crippen LogP) is 6.88. The molecular formula is C30H42O6. The van der Waals surface area contributed by atoms with E-state index in [2.05, 4.69) is 27.7 Å². The Kier molecular flexibility index (Phi) is 12.3. The average Bonchev–Trinajstić information content (AvgIpc) is 2.78. The quantitative estimate of drug-likeness (QED) is 0.151. The second-order valence-corrected chi connectivity index (χ2v) is 10.0. The normalized spacial score (nSPS) is 12.8. The third kappa shape index (κ3) is 12.1. The van der Waals surface area contributed by atoms with Crippen molar-refractivity contribution in [3.8, 4) is 11.5 Å². The van der Waals surface area contributed by atoms with Crippen molar-refractivity contribution in [3.05, 3.63) is 59.7 Å². The molecule has 0 saturated carbocycles. The Morgan fingerprint density at radius 2 is 0.917 bits per heavy atom. The van der Waals surface area contributed by atoms with Crippen LogP contribution in [0.15, 0.2) is 48.5 Å². The van der Waals surface area contributed by atoms with Crippen LogP contribution in [0.5, 0.6) is 11.5 Å². The van der Waals surface area contributed by atoms with E-state index in [1.54, 1.807) is 13.8 Å². The van der Waals surface area contributed by atoms with Crippen LogP contribution in [0.25, 0.3) is 0 Å². The fraction of sp³-hybridized carbons (Fsp3) is 0.533. The smallest absolute Gasteiger partial charge is 0.308 e. The third-order valence-electron chi connectivity index (χ3n) is 5.35. The Bertz CT molecular complexity index is 840. The van der Waals surface area contributed by atoms with Crippen molar-refractivity contribution < 1.29 is 28.5 Å². The molecule has 0 bridgehead atoms. The van der Waals surface area contributed by atoms with Crippen LogP contribution < -0.4 is 9.47 Å². The van der Waals surface area contributed by atoms with Gasteiger partial charge in [-0.05, 0) is 72.9 Å². The minimum atomic E-state index is -0.684. The van der Waals surface area contributed by atoms with Crippen molar-refractivity contribution in [1.29, 1.82) is 0 Å². The summed E-state index contributed by atoms with van der Waals surface area (Å²) in [5.74, 6) is 1.79. The summed E-state index contributed by atoms with van der Waals surface area (Å²) >= 11 is 0. The Morgan fingerprint density at radius 3 is 1.22 bits per heavy atom. The molecule has 198 valence electrons. The van der Waals surface area contributed by atoms with Gasteiger partial charge in [-0.1, -0.05) is 52.0 Å². The topological polar surface area (TPSA) is 71.1 Å². The largest absolute Gasteiger partial charge is 0.455 e. The van der Waals surface area contributed by atoms with Gasteiger partial charge in [0.15, 0.2) is 0 Å². The monoisotopic (exact) mass is 498 g/mol. The lowest BCUT2D eigenvalue weighted by molar-refractivity contribution is -0.163. The zero-order chi connectivity index (χ0) is 26.5. The molecule has 0 amide bonds. The summed E-state index contributed by atoms with van der Waals surface area (Å²) in [6.07, 6.45) is 2.12. The highest BCUT2D eigenvalue weighted by atomic mass is 16.7. The van der Waals surface area contributed by atoms with Crippen LogP contribution in [0.3, 0.4) is 0 Å². The van der Waals surface area contributed by atoms with Crippen LogP contribution in [0.2, 0.25) is 0 Å². The van der Waals surface area contributed by atoms with E-state index in [0.29, 0.717) is 36.2 Å². The zero-order valence-corrected chi connectivity index (χ0v) is 22.6. The Hall–Kier alpha value is -3.02. The molecule has 0 fully saturated rings. The average molecular weight is 499 g/mol. The molecule has 0 heterocycles. The van der Waals surface area contributed by atoms with E-state index in [0.717, 1.165) is 12.8 Å². The third-order valence-corrected chi connectivity index (χ3v) is 5.35. The molecule has 0 aliphatic carbocycles. The first-order valence-electron chi connectivity index (χ1n) is 13.0. The van der Waals surface area contributed by atoms with Gasteiger partial charge >= 0.3 is 11.9 Å². The summed E-state index contributed by atoms with van der Waals surface area (Å²) < 4.78 is 22.0. The molecule has 0 N–H and O–H groups in total. The predicted molar refractivity (Wildman–Crippen MR) is 141 cm³/mol. The number of benzene rings is 2.